The van der Waals surface area contributed by atoms with Crippen molar-refractivity contribution >= 4 is 37.9 Å². The van der Waals surface area contributed by atoms with Crippen LogP contribution in [0.25, 0.3) is 0 Å². The van der Waals surface area contributed by atoms with Crippen LogP contribution in [0, 0.1) is 10.1 Å². The van der Waals surface area contributed by atoms with Gasteiger partial charge in [0, 0.05) is 6.54 Å². The first-order valence-electron chi connectivity index (χ1n) is 5.76. The van der Waals surface area contributed by atoms with Crippen molar-refractivity contribution in [3.63, 3.8) is 0 Å². The van der Waals surface area contributed by atoms with Gasteiger partial charge in [-0.1, -0.05) is 17.4 Å². The molecular formula is C10H11N5O4S2. The molecule has 0 fully saturated rings. The third-order valence-electron chi connectivity index (χ3n) is 2.42. The largest absolute Gasteiger partial charge is 0.380 e. The highest BCUT2D eigenvalue weighted by Gasteiger charge is 2.29. The van der Waals surface area contributed by atoms with Crippen molar-refractivity contribution in [1.29, 1.82) is 0 Å². The third kappa shape index (κ3) is 3.25. The van der Waals surface area contributed by atoms with E-state index in [1.54, 1.807) is 6.92 Å². The van der Waals surface area contributed by atoms with Crippen LogP contribution in [0.3, 0.4) is 0 Å². The predicted octanol–water partition coefficient (Wildman–Crippen LogP) is 1.68. The molecule has 21 heavy (non-hydrogen) atoms. The van der Waals surface area contributed by atoms with Crippen LogP contribution in [0.1, 0.15) is 6.92 Å². The van der Waals surface area contributed by atoms with E-state index in [2.05, 4.69) is 20.2 Å². The molecule has 11 heteroatoms. The van der Waals surface area contributed by atoms with Crippen LogP contribution in [0.4, 0.5) is 16.5 Å². The van der Waals surface area contributed by atoms with Gasteiger partial charge in [-0.2, -0.15) is 0 Å². The fourth-order valence-electron chi connectivity index (χ4n) is 1.65. The second-order valence-electron chi connectivity index (χ2n) is 3.79. The van der Waals surface area contributed by atoms with E-state index in [1.165, 1.54) is 23.7 Å². The molecule has 2 rings (SSSR count). The summed E-state index contributed by atoms with van der Waals surface area (Å²) in [5.74, 6) is 0. The Morgan fingerprint density at radius 2 is 2.19 bits per heavy atom. The summed E-state index contributed by atoms with van der Waals surface area (Å²) in [4.78, 5) is 10.1. The smallest absolute Gasteiger partial charge is 0.312 e. The van der Waals surface area contributed by atoms with Crippen molar-refractivity contribution in [2.45, 2.75) is 11.8 Å². The van der Waals surface area contributed by atoms with Crippen LogP contribution in [0.2, 0.25) is 0 Å². The van der Waals surface area contributed by atoms with Crippen LogP contribution in [0.15, 0.2) is 28.6 Å². The third-order valence-corrected chi connectivity index (χ3v) is 4.53. The number of nitro groups is 1. The summed E-state index contributed by atoms with van der Waals surface area (Å²) in [5.41, 5.74) is 0.987. The summed E-state index contributed by atoms with van der Waals surface area (Å²) in [6.07, 6.45) is 0. The first-order valence-corrected chi connectivity index (χ1v) is 8.12. The molecule has 1 heterocycles. The molecule has 0 unspecified atom stereocenters. The highest BCUT2D eigenvalue weighted by atomic mass is 32.2. The van der Waals surface area contributed by atoms with Gasteiger partial charge in [0.15, 0.2) is 4.90 Å². The number of hydrogen-bond donors (Lipinski definition) is 2. The number of para-hydroxylation sites is 1. The summed E-state index contributed by atoms with van der Waals surface area (Å²) in [6, 6.07) is 4.05. The number of anilines is 2. The molecule has 0 aliphatic heterocycles. The van der Waals surface area contributed by atoms with Gasteiger partial charge in [-0.25, -0.2) is 8.42 Å². The maximum Gasteiger partial charge on any atom is 0.312 e. The van der Waals surface area contributed by atoms with Crippen molar-refractivity contribution in [1.82, 2.24) is 10.2 Å². The molecule has 0 saturated heterocycles. The standard InChI is InChI=1S/C10H11N5O4S2/c1-2-11-7-4-3-5-8(9(7)15(16)17)21(18,19)14-10-13-12-6-20-10/h3-6,11H,2H2,1H3,(H,13,14). The summed E-state index contributed by atoms with van der Waals surface area (Å²) < 4.78 is 26.7. The van der Waals surface area contributed by atoms with Crippen LogP contribution in [-0.2, 0) is 10.0 Å². The Morgan fingerprint density at radius 1 is 1.43 bits per heavy atom. The number of aromatic nitrogens is 2. The van der Waals surface area contributed by atoms with Crippen molar-refractivity contribution in [2.75, 3.05) is 16.6 Å². The zero-order valence-corrected chi connectivity index (χ0v) is 12.4. The lowest BCUT2D eigenvalue weighted by Gasteiger charge is -2.09. The van der Waals surface area contributed by atoms with Gasteiger partial charge >= 0.3 is 5.69 Å². The van der Waals surface area contributed by atoms with Gasteiger partial charge in [0.25, 0.3) is 10.0 Å². The van der Waals surface area contributed by atoms with E-state index in [9.17, 15) is 18.5 Å². The van der Waals surface area contributed by atoms with Crippen molar-refractivity contribution in [3.05, 3.63) is 33.8 Å². The van der Waals surface area contributed by atoms with E-state index in [1.807, 2.05) is 0 Å². The molecule has 9 nitrogen and oxygen atoms in total. The monoisotopic (exact) mass is 329 g/mol. The van der Waals surface area contributed by atoms with E-state index in [0.717, 1.165) is 11.3 Å². The molecule has 0 aliphatic carbocycles. The summed E-state index contributed by atoms with van der Waals surface area (Å²) >= 11 is 0.975. The minimum Gasteiger partial charge on any atom is -0.380 e. The normalized spacial score (nSPS) is 11.1. The molecule has 0 saturated carbocycles. The van der Waals surface area contributed by atoms with Gasteiger partial charge in [-0.05, 0) is 19.1 Å². The molecule has 2 N–H and O–H groups in total. The first kappa shape index (κ1) is 15.1. The lowest BCUT2D eigenvalue weighted by molar-refractivity contribution is -0.386. The molecule has 112 valence electrons. The molecule has 0 atom stereocenters. The molecule has 0 radical (unpaired) electrons. The maximum atomic E-state index is 12.3. The van der Waals surface area contributed by atoms with Crippen LogP contribution < -0.4 is 10.0 Å². The number of hydrogen-bond acceptors (Lipinski definition) is 8. The topological polar surface area (TPSA) is 127 Å². The quantitative estimate of drug-likeness (QED) is 0.609. The number of nitrogens with zero attached hydrogens (tertiary/aromatic N) is 3. The molecule has 0 aliphatic rings. The highest BCUT2D eigenvalue weighted by molar-refractivity contribution is 7.93. The van der Waals surface area contributed by atoms with E-state index in [4.69, 9.17) is 0 Å². The Kier molecular flexibility index (Phi) is 4.33. The molecule has 0 amide bonds. The minimum atomic E-state index is -4.12. The lowest BCUT2D eigenvalue weighted by Crippen LogP contribution is -2.15. The van der Waals surface area contributed by atoms with Gasteiger partial charge < -0.3 is 5.32 Å². The van der Waals surface area contributed by atoms with E-state index in [0.29, 0.717) is 6.54 Å². The number of nitro benzene ring substituents is 1. The van der Waals surface area contributed by atoms with E-state index >= 15 is 0 Å². The van der Waals surface area contributed by atoms with E-state index in [-0.39, 0.29) is 10.8 Å². The Hall–Kier alpha value is -2.27. The second kappa shape index (κ2) is 6.01. The minimum absolute atomic E-state index is 0.0400. The Balaban J connectivity index is 2.52. The number of nitrogens with one attached hydrogen (secondary N) is 2. The molecule has 2 aromatic rings. The van der Waals surface area contributed by atoms with Gasteiger partial charge in [-0.3, -0.25) is 14.8 Å². The van der Waals surface area contributed by atoms with Gasteiger partial charge in [0.1, 0.15) is 11.2 Å². The Morgan fingerprint density at radius 3 is 2.76 bits per heavy atom. The number of benzene rings is 1. The predicted molar refractivity (Wildman–Crippen MR) is 78.0 cm³/mol. The Bertz CT molecular complexity index is 745. The van der Waals surface area contributed by atoms with Gasteiger partial charge in [0.2, 0.25) is 5.13 Å². The SMILES string of the molecule is CCNc1cccc(S(=O)(=O)Nc2nncs2)c1[N+](=O)[O-]. The lowest BCUT2D eigenvalue weighted by atomic mass is 10.2. The molecular weight excluding hydrogens is 318 g/mol. The zero-order valence-electron chi connectivity index (χ0n) is 10.8. The molecule has 0 spiro atoms. The molecule has 0 bridgehead atoms. The van der Waals surface area contributed by atoms with Crippen molar-refractivity contribution < 1.29 is 13.3 Å². The fourth-order valence-corrected chi connectivity index (χ4v) is 3.54. The van der Waals surface area contributed by atoms with Gasteiger partial charge in [0.05, 0.1) is 4.92 Å². The average Bonchev–Trinajstić information content (AvgIpc) is 2.90. The second-order valence-corrected chi connectivity index (χ2v) is 6.27. The number of sulfonamides is 1. The Labute approximate surface area is 124 Å². The van der Waals surface area contributed by atoms with Crippen LogP contribution in [0.5, 0.6) is 0 Å². The van der Waals surface area contributed by atoms with Gasteiger partial charge in [-0.15, -0.1) is 10.2 Å². The summed E-state index contributed by atoms with van der Waals surface area (Å²) in [7, 11) is -4.12. The highest BCUT2D eigenvalue weighted by Crippen LogP contribution is 2.33. The zero-order chi connectivity index (χ0) is 15.5. The summed E-state index contributed by atoms with van der Waals surface area (Å²) in [6.45, 7) is 2.18. The molecule has 1 aromatic carbocycles. The van der Waals surface area contributed by atoms with Crippen molar-refractivity contribution in [3.8, 4) is 0 Å². The first-order chi connectivity index (χ1) is 9.95. The van der Waals surface area contributed by atoms with Crippen LogP contribution >= 0.6 is 11.3 Å². The van der Waals surface area contributed by atoms with E-state index < -0.39 is 25.5 Å². The maximum absolute atomic E-state index is 12.3. The van der Waals surface area contributed by atoms with Crippen LogP contribution in [-0.4, -0.2) is 30.1 Å². The number of rotatable bonds is 6. The fraction of sp³-hybridized carbons (Fsp3) is 0.200. The molecule has 1 aromatic heterocycles. The average molecular weight is 329 g/mol. The summed E-state index contributed by atoms with van der Waals surface area (Å²) in [5, 5.41) is 21.1. The van der Waals surface area contributed by atoms with Crippen molar-refractivity contribution in [2.24, 2.45) is 0 Å².